The Labute approximate surface area is 209 Å². The SMILES string of the molecule is O=C(NCCCCCCS(=O)(=O)N(OCCN1CCOCC1)C1CCCC1)NCc1cccnc1. The van der Waals surface area contributed by atoms with Crippen LogP contribution in [-0.2, 0) is 26.1 Å². The van der Waals surface area contributed by atoms with Gasteiger partial charge in [-0.3, -0.25) is 14.7 Å². The van der Waals surface area contributed by atoms with E-state index in [1.54, 1.807) is 12.4 Å². The molecule has 0 radical (unpaired) electrons. The third-order valence-electron chi connectivity index (χ3n) is 6.42. The molecular weight excluding hydrogens is 470 g/mol. The summed E-state index contributed by atoms with van der Waals surface area (Å²) in [6.07, 6.45) is 10.3. The van der Waals surface area contributed by atoms with Crippen LogP contribution in [0.3, 0.4) is 0 Å². The van der Waals surface area contributed by atoms with Crippen molar-refractivity contribution < 1.29 is 22.8 Å². The van der Waals surface area contributed by atoms with E-state index in [0.29, 0.717) is 32.7 Å². The molecule has 3 rings (SSSR count). The Morgan fingerprint density at radius 2 is 1.91 bits per heavy atom. The van der Waals surface area contributed by atoms with Crippen LogP contribution in [0.2, 0.25) is 0 Å². The number of hydroxylamine groups is 1. The quantitative estimate of drug-likeness (QED) is 0.274. The maximum atomic E-state index is 13.1. The molecule has 1 aliphatic carbocycles. The molecule has 0 atom stereocenters. The van der Waals surface area contributed by atoms with Crippen molar-refractivity contribution in [3.05, 3.63) is 30.1 Å². The van der Waals surface area contributed by atoms with Crippen molar-refractivity contribution >= 4 is 16.1 Å². The number of aromatic nitrogens is 1. The molecule has 1 aromatic rings. The van der Waals surface area contributed by atoms with Gasteiger partial charge in [-0.05, 0) is 37.3 Å². The lowest BCUT2D eigenvalue weighted by Crippen LogP contribution is -2.43. The fourth-order valence-electron chi connectivity index (χ4n) is 4.42. The summed E-state index contributed by atoms with van der Waals surface area (Å²) in [6.45, 7) is 5.25. The topological polar surface area (TPSA) is 113 Å². The molecule has 0 spiro atoms. The summed E-state index contributed by atoms with van der Waals surface area (Å²) in [5.74, 6) is 0.0973. The molecule has 0 bridgehead atoms. The Bertz CT molecular complexity index is 830. The van der Waals surface area contributed by atoms with Crippen LogP contribution in [0.25, 0.3) is 0 Å². The summed E-state index contributed by atoms with van der Waals surface area (Å²) in [6, 6.07) is 3.49. The molecule has 0 aromatic carbocycles. The highest BCUT2D eigenvalue weighted by molar-refractivity contribution is 7.88. The van der Waals surface area contributed by atoms with E-state index >= 15 is 0 Å². The van der Waals surface area contributed by atoms with Crippen LogP contribution in [0.5, 0.6) is 0 Å². The molecule has 2 N–H and O–H groups in total. The number of amides is 2. The molecule has 1 aliphatic heterocycles. The Kier molecular flexibility index (Phi) is 12.2. The van der Waals surface area contributed by atoms with E-state index in [1.807, 2.05) is 12.1 Å². The summed E-state index contributed by atoms with van der Waals surface area (Å²) in [7, 11) is -3.47. The number of ether oxygens (including phenoxy) is 1. The van der Waals surface area contributed by atoms with Crippen LogP contribution in [0.15, 0.2) is 24.5 Å². The number of pyridine rings is 1. The third kappa shape index (κ3) is 10.4. The van der Waals surface area contributed by atoms with E-state index in [2.05, 4.69) is 20.5 Å². The van der Waals surface area contributed by atoms with Crippen LogP contribution in [0.1, 0.15) is 56.9 Å². The second kappa shape index (κ2) is 15.4. The van der Waals surface area contributed by atoms with Gasteiger partial charge in [-0.1, -0.05) is 36.2 Å². The average molecular weight is 512 g/mol. The van der Waals surface area contributed by atoms with Gasteiger partial charge in [0.25, 0.3) is 0 Å². The molecule has 11 heteroatoms. The molecule has 198 valence electrons. The van der Waals surface area contributed by atoms with Gasteiger partial charge in [-0.15, -0.1) is 0 Å². The molecule has 2 fully saturated rings. The van der Waals surface area contributed by atoms with Gasteiger partial charge in [-0.2, -0.15) is 0 Å². The summed E-state index contributed by atoms with van der Waals surface area (Å²) >= 11 is 0. The first-order chi connectivity index (χ1) is 17.0. The van der Waals surface area contributed by atoms with Gasteiger partial charge in [0, 0.05) is 45.1 Å². The number of carbonyl (C=O) groups is 1. The largest absolute Gasteiger partial charge is 0.379 e. The lowest BCUT2D eigenvalue weighted by molar-refractivity contribution is -0.118. The van der Waals surface area contributed by atoms with Crippen molar-refractivity contribution in [3.63, 3.8) is 0 Å². The molecule has 10 nitrogen and oxygen atoms in total. The lowest BCUT2D eigenvalue weighted by atomic mass is 10.2. The zero-order chi connectivity index (χ0) is 24.8. The number of carbonyl (C=O) groups excluding carboxylic acids is 1. The lowest BCUT2D eigenvalue weighted by Gasteiger charge is -2.30. The van der Waals surface area contributed by atoms with Crippen molar-refractivity contribution in [2.75, 3.05) is 51.8 Å². The summed E-state index contributed by atoms with van der Waals surface area (Å²) in [4.78, 5) is 24.0. The molecule has 2 aliphatic rings. The van der Waals surface area contributed by atoms with Gasteiger partial charge in [0.2, 0.25) is 10.0 Å². The Morgan fingerprint density at radius 3 is 2.66 bits per heavy atom. The molecule has 0 unspecified atom stereocenters. The first-order valence-electron chi connectivity index (χ1n) is 12.9. The minimum Gasteiger partial charge on any atom is -0.379 e. The van der Waals surface area contributed by atoms with Crippen LogP contribution in [0.4, 0.5) is 4.79 Å². The Morgan fingerprint density at radius 1 is 1.14 bits per heavy atom. The number of nitrogens with one attached hydrogen (secondary N) is 2. The van der Waals surface area contributed by atoms with E-state index in [9.17, 15) is 13.2 Å². The number of sulfonamides is 1. The van der Waals surface area contributed by atoms with Gasteiger partial charge in [0.05, 0.1) is 31.6 Å². The van der Waals surface area contributed by atoms with Gasteiger partial charge >= 0.3 is 6.03 Å². The van der Waals surface area contributed by atoms with Gasteiger partial charge in [0.1, 0.15) is 0 Å². The molecule has 1 saturated heterocycles. The smallest absolute Gasteiger partial charge is 0.315 e. The fraction of sp³-hybridized carbons (Fsp3) is 0.750. The predicted octanol–water partition coefficient (Wildman–Crippen LogP) is 2.28. The Balaban J connectivity index is 1.29. The maximum Gasteiger partial charge on any atom is 0.315 e. The van der Waals surface area contributed by atoms with Gasteiger partial charge in [0.15, 0.2) is 0 Å². The van der Waals surface area contributed by atoms with E-state index < -0.39 is 10.0 Å². The minimum atomic E-state index is -3.47. The second-order valence-electron chi connectivity index (χ2n) is 9.18. The summed E-state index contributed by atoms with van der Waals surface area (Å²) < 4.78 is 32.8. The molecule has 2 heterocycles. The van der Waals surface area contributed by atoms with Crippen LogP contribution in [-0.4, -0.2) is 86.6 Å². The number of urea groups is 1. The highest BCUT2D eigenvalue weighted by atomic mass is 32.2. The van der Waals surface area contributed by atoms with E-state index in [-0.39, 0.29) is 17.8 Å². The number of morpholine rings is 1. The van der Waals surface area contributed by atoms with E-state index in [4.69, 9.17) is 9.57 Å². The summed E-state index contributed by atoms with van der Waals surface area (Å²) in [5, 5.41) is 5.64. The van der Waals surface area contributed by atoms with Crippen molar-refractivity contribution in [2.45, 2.75) is 64.0 Å². The minimum absolute atomic E-state index is 0.0425. The van der Waals surface area contributed by atoms with Gasteiger partial charge in [-0.25, -0.2) is 13.2 Å². The molecule has 1 saturated carbocycles. The van der Waals surface area contributed by atoms with E-state index in [1.165, 1.54) is 4.47 Å². The normalized spacial score (nSPS) is 17.6. The first kappa shape index (κ1) is 27.8. The zero-order valence-corrected chi connectivity index (χ0v) is 21.5. The zero-order valence-electron chi connectivity index (χ0n) is 20.7. The summed E-state index contributed by atoms with van der Waals surface area (Å²) in [5.41, 5.74) is 0.945. The van der Waals surface area contributed by atoms with E-state index in [0.717, 1.165) is 76.8 Å². The van der Waals surface area contributed by atoms with Crippen LogP contribution in [0, 0.1) is 0 Å². The number of nitrogens with zero attached hydrogens (tertiary/aromatic N) is 3. The number of unbranched alkanes of at least 4 members (excludes halogenated alkanes) is 3. The number of hydrogen-bond donors (Lipinski definition) is 2. The molecule has 1 aromatic heterocycles. The third-order valence-corrected chi connectivity index (χ3v) is 8.17. The Hall–Kier alpha value is -1.79. The molecular formula is C24H41N5O5S. The number of rotatable bonds is 15. The fourth-order valence-corrected chi connectivity index (χ4v) is 6.06. The molecule has 35 heavy (non-hydrogen) atoms. The monoisotopic (exact) mass is 511 g/mol. The predicted molar refractivity (Wildman–Crippen MR) is 134 cm³/mol. The van der Waals surface area contributed by atoms with Crippen molar-refractivity contribution in [1.29, 1.82) is 0 Å². The average Bonchev–Trinajstić information content (AvgIpc) is 3.40. The second-order valence-corrected chi connectivity index (χ2v) is 11.1. The van der Waals surface area contributed by atoms with Crippen LogP contribution >= 0.6 is 0 Å². The standard InChI is InChI=1S/C24H41N5O5S/c30-24(27-21-22-8-7-11-25-20-22)26-12-5-1-2-6-19-35(31,32)29(23-9-3-4-10-23)34-18-15-28-13-16-33-17-14-28/h7-8,11,20,23H,1-6,9-10,12-19,21H2,(H2,26,27,30). The molecule has 2 amide bonds. The maximum absolute atomic E-state index is 13.1. The van der Waals surface area contributed by atoms with Crippen molar-refractivity contribution in [3.8, 4) is 0 Å². The van der Waals surface area contributed by atoms with Gasteiger partial charge < -0.3 is 15.4 Å². The van der Waals surface area contributed by atoms with Crippen LogP contribution < -0.4 is 10.6 Å². The first-order valence-corrected chi connectivity index (χ1v) is 14.5. The highest BCUT2D eigenvalue weighted by Crippen LogP contribution is 2.26. The van der Waals surface area contributed by atoms with Crippen molar-refractivity contribution in [2.24, 2.45) is 0 Å². The number of hydrogen-bond acceptors (Lipinski definition) is 7. The highest BCUT2D eigenvalue weighted by Gasteiger charge is 2.33. The van der Waals surface area contributed by atoms with Crippen molar-refractivity contribution in [1.82, 2.24) is 25.0 Å².